The predicted octanol–water partition coefficient (Wildman–Crippen LogP) is -1.06. The standard InChI is InChI=1S/C25H29N3O9/c1-5-11(29)37-21-12-8(2)9-6-7-10(26)18(30)13(9)19(31)14(12)22(33)25(36)16(21)17(28(3)4)20(32)15(23(25)34)24(27)35/h6-8,12,14-17,21,30,36H,5,26H2,1-4H3,(H2,27,35)/t8-,12+,14?,15?,16+,17-,21-,25-/m0/s1. The Morgan fingerprint density at radius 1 is 1.14 bits per heavy atom. The number of esters is 1. The summed E-state index contributed by atoms with van der Waals surface area (Å²) >= 11 is 0. The number of nitrogens with two attached hydrogens (primary N) is 2. The number of rotatable bonds is 4. The summed E-state index contributed by atoms with van der Waals surface area (Å²) in [4.78, 5) is 80.7. The number of carbonyl (C=O) groups is 6. The minimum absolute atomic E-state index is 0.109. The minimum atomic E-state index is -3.05. The highest BCUT2D eigenvalue weighted by Crippen LogP contribution is 2.55. The number of aliphatic hydroxyl groups is 1. The molecule has 37 heavy (non-hydrogen) atoms. The number of hydrogen-bond acceptors (Lipinski definition) is 11. The number of Topliss-reactive ketones (excluding diaryl/α,β-unsaturated/α-hetero) is 4. The van der Waals surface area contributed by atoms with Gasteiger partial charge in [0.1, 0.15) is 11.9 Å². The van der Waals surface area contributed by atoms with Crippen LogP contribution in [0.15, 0.2) is 12.1 Å². The molecule has 1 aromatic rings. The van der Waals surface area contributed by atoms with E-state index in [1.165, 1.54) is 38.1 Å². The summed E-state index contributed by atoms with van der Waals surface area (Å²) < 4.78 is 5.72. The van der Waals surface area contributed by atoms with Gasteiger partial charge in [-0.1, -0.05) is 19.9 Å². The van der Waals surface area contributed by atoms with Crippen LogP contribution in [0.2, 0.25) is 0 Å². The highest BCUT2D eigenvalue weighted by molar-refractivity contribution is 6.32. The predicted molar refractivity (Wildman–Crippen MR) is 126 cm³/mol. The van der Waals surface area contributed by atoms with Crippen LogP contribution < -0.4 is 11.5 Å². The molecule has 3 aliphatic rings. The molecule has 2 saturated carbocycles. The van der Waals surface area contributed by atoms with E-state index < -0.39 is 88.1 Å². The van der Waals surface area contributed by atoms with Crippen molar-refractivity contribution in [3.05, 3.63) is 23.3 Å². The molecular formula is C25H29N3O9. The number of hydrogen-bond donors (Lipinski definition) is 4. The first-order valence-corrected chi connectivity index (χ1v) is 11.9. The number of phenols is 1. The van der Waals surface area contributed by atoms with Gasteiger partial charge in [0, 0.05) is 12.3 Å². The van der Waals surface area contributed by atoms with E-state index in [1.54, 1.807) is 6.92 Å². The van der Waals surface area contributed by atoms with Crippen molar-refractivity contribution < 1.29 is 43.7 Å². The molecule has 0 spiro atoms. The number of nitrogens with zero attached hydrogens (tertiary/aromatic N) is 1. The van der Waals surface area contributed by atoms with Gasteiger partial charge in [0.2, 0.25) is 5.91 Å². The van der Waals surface area contributed by atoms with Crippen LogP contribution in [0.5, 0.6) is 5.75 Å². The van der Waals surface area contributed by atoms with Crippen LogP contribution in [-0.4, -0.2) is 82.0 Å². The van der Waals surface area contributed by atoms with Gasteiger partial charge in [-0.15, -0.1) is 0 Å². The summed E-state index contributed by atoms with van der Waals surface area (Å²) in [5.74, 6) is -14.5. The molecule has 0 radical (unpaired) electrons. The van der Waals surface area contributed by atoms with Gasteiger partial charge in [-0.3, -0.25) is 33.7 Å². The third-order valence-corrected chi connectivity index (χ3v) is 8.05. The summed E-state index contributed by atoms with van der Waals surface area (Å²) in [5, 5.41) is 22.4. The zero-order valence-electron chi connectivity index (χ0n) is 20.8. The molecule has 0 aliphatic heterocycles. The molecule has 2 fully saturated rings. The quantitative estimate of drug-likeness (QED) is 0.164. The number of likely N-dealkylation sites (N-methyl/N-ethyl adjacent to an activating group) is 1. The minimum Gasteiger partial charge on any atom is -0.505 e. The SMILES string of the molecule is CCC(=O)O[C@H]1[C@H]2C(C(=O)c3c(ccc(N)c3O)[C@@H]2C)C(=O)[C@]2(O)C(=O)C(C(N)=O)C(=O)[C@@H](N(C)C)[C@H]12. The third-order valence-electron chi connectivity index (χ3n) is 8.05. The van der Waals surface area contributed by atoms with Crippen LogP contribution in [0, 0.1) is 23.7 Å². The fourth-order valence-corrected chi connectivity index (χ4v) is 6.36. The monoisotopic (exact) mass is 515 g/mol. The normalized spacial score (nSPS) is 35.0. The number of primary amides is 1. The fraction of sp³-hybridized carbons (Fsp3) is 0.520. The Labute approximate surface area is 211 Å². The van der Waals surface area contributed by atoms with Crippen molar-refractivity contribution in [3.8, 4) is 5.75 Å². The van der Waals surface area contributed by atoms with E-state index >= 15 is 0 Å². The second-order valence-corrected chi connectivity index (χ2v) is 10.2. The zero-order chi connectivity index (χ0) is 27.7. The molecule has 0 bridgehead atoms. The summed E-state index contributed by atoms with van der Waals surface area (Å²) in [6, 6.07) is 1.47. The molecule has 1 aromatic carbocycles. The molecule has 12 heteroatoms. The van der Waals surface area contributed by atoms with Crippen LogP contribution >= 0.6 is 0 Å². The highest BCUT2D eigenvalue weighted by Gasteiger charge is 2.74. The van der Waals surface area contributed by atoms with Gasteiger partial charge in [-0.05, 0) is 31.6 Å². The smallest absolute Gasteiger partial charge is 0.305 e. The van der Waals surface area contributed by atoms with Crippen molar-refractivity contribution in [2.45, 2.75) is 43.9 Å². The highest BCUT2D eigenvalue weighted by atomic mass is 16.5. The molecule has 0 heterocycles. The summed E-state index contributed by atoms with van der Waals surface area (Å²) in [7, 11) is 2.88. The molecule has 6 N–H and O–H groups in total. The van der Waals surface area contributed by atoms with Crippen molar-refractivity contribution in [3.63, 3.8) is 0 Å². The average Bonchev–Trinajstić information content (AvgIpc) is 2.82. The van der Waals surface area contributed by atoms with E-state index in [-0.39, 0.29) is 17.7 Å². The van der Waals surface area contributed by atoms with Gasteiger partial charge in [-0.25, -0.2) is 0 Å². The molecule has 3 aliphatic carbocycles. The Morgan fingerprint density at radius 3 is 2.30 bits per heavy atom. The lowest BCUT2D eigenvalue weighted by Crippen LogP contribution is -2.78. The number of ketones is 4. The van der Waals surface area contributed by atoms with Gasteiger partial charge >= 0.3 is 5.97 Å². The van der Waals surface area contributed by atoms with Gasteiger partial charge in [-0.2, -0.15) is 0 Å². The fourth-order valence-electron chi connectivity index (χ4n) is 6.36. The number of nitrogen functional groups attached to an aromatic ring is 1. The van der Waals surface area contributed by atoms with E-state index in [9.17, 15) is 39.0 Å². The molecule has 8 atom stereocenters. The average molecular weight is 516 g/mol. The molecular weight excluding hydrogens is 486 g/mol. The van der Waals surface area contributed by atoms with Gasteiger partial charge in [0.05, 0.1) is 29.1 Å². The van der Waals surface area contributed by atoms with E-state index in [1.807, 2.05) is 0 Å². The summed E-state index contributed by atoms with van der Waals surface area (Å²) in [5.41, 5.74) is 8.04. The number of ether oxygens (including phenoxy) is 1. The van der Waals surface area contributed by atoms with Gasteiger partial charge in [0.25, 0.3) is 0 Å². The van der Waals surface area contributed by atoms with Crippen molar-refractivity contribution in [2.24, 2.45) is 29.4 Å². The third kappa shape index (κ3) is 3.42. The topological polar surface area (TPSA) is 207 Å². The summed E-state index contributed by atoms with van der Waals surface area (Å²) in [6.45, 7) is 3.15. The largest absolute Gasteiger partial charge is 0.505 e. The number of anilines is 1. The van der Waals surface area contributed by atoms with E-state index in [2.05, 4.69) is 0 Å². The van der Waals surface area contributed by atoms with Crippen molar-refractivity contribution in [1.82, 2.24) is 4.90 Å². The van der Waals surface area contributed by atoms with E-state index in [0.717, 1.165) is 0 Å². The number of phenolic OH excluding ortho intramolecular Hbond substituents is 1. The lowest BCUT2D eigenvalue weighted by molar-refractivity contribution is -0.205. The number of aromatic hydroxyl groups is 1. The lowest BCUT2D eigenvalue weighted by Gasteiger charge is -2.56. The van der Waals surface area contributed by atoms with Crippen LogP contribution in [0.3, 0.4) is 0 Å². The number of amides is 1. The molecule has 0 saturated heterocycles. The zero-order valence-corrected chi connectivity index (χ0v) is 20.8. The molecule has 12 nitrogen and oxygen atoms in total. The Morgan fingerprint density at radius 2 is 1.76 bits per heavy atom. The first-order valence-electron chi connectivity index (χ1n) is 11.9. The number of fused-ring (bicyclic) bond motifs is 3. The Balaban J connectivity index is 2.04. The maximum absolute atomic E-state index is 14.0. The molecule has 2 unspecified atom stereocenters. The van der Waals surface area contributed by atoms with Crippen LogP contribution in [0.4, 0.5) is 5.69 Å². The number of carbonyl (C=O) groups excluding carboxylic acids is 6. The summed E-state index contributed by atoms with van der Waals surface area (Å²) in [6.07, 6.45) is -1.57. The van der Waals surface area contributed by atoms with Gasteiger partial charge < -0.3 is 26.4 Å². The number of benzene rings is 1. The molecule has 1 amide bonds. The molecule has 0 aromatic heterocycles. The maximum Gasteiger partial charge on any atom is 0.305 e. The van der Waals surface area contributed by atoms with Crippen LogP contribution in [0.1, 0.15) is 42.1 Å². The van der Waals surface area contributed by atoms with Crippen molar-refractivity contribution >= 4 is 40.7 Å². The van der Waals surface area contributed by atoms with Crippen LogP contribution in [-0.2, 0) is 28.7 Å². The lowest BCUT2D eigenvalue weighted by atomic mass is 9.49. The Bertz CT molecular complexity index is 1260. The Hall–Kier alpha value is -3.64. The van der Waals surface area contributed by atoms with Gasteiger partial charge in [0.15, 0.2) is 34.7 Å². The van der Waals surface area contributed by atoms with Crippen molar-refractivity contribution in [1.29, 1.82) is 0 Å². The second-order valence-electron chi connectivity index (χ2n) is 10.2. The molecule has 198 valence electrons. The van der Waals surface area contributed by atoms with E-state index in [4.69, 9.17) is 16.2 Å². The first kappa shape index (κ1) is 26.4. The first-order chi connectivity index (χ1) is 17.2. The van der Waals surface area contributed by atoms with E-state index in [0.29, 0.717) is 5.56 Å². The Kier molecular flexibility index (Phi) is 6.24. The van der Waals surface area contributed by atoms with Crippen LogP contribution in [0.25, 0.3) is 0 Å². The molecule has 4 rings (SSSR count). The second kappa shape index (κ2) is 8.73. The van der Waals surface area contributed by atoms with Crippen molar-refractivity contribution in [2.75, 3.05) is 19.8 Å². The maximum atomic E-state index is 14.0.